The van der Waals surface area contributed by atoms with Gasteiger partial charge in [0.2, 0.25) is 0 Å². The van der Waals surface area contributed by atoms with Gasteiger partial charge in [-0.25, -0.2) is 0 Å². The lowest BCUT2D eigenvalue weighted by molar-refractivity contribution is -0.136. The van der Waals surface area contributed by atoms with Gasteiger partial charge in [0.05, 0.1) is 6.20 Å². The van der Waals surface area contributed by atoms with Gasteiger partial charge in [-0.1, -0.05) is 13.3 Å². The van der Waals surface area contributed by atoms with Gasteiger partial charge < -0.3 is 5.11 Å². The lowest BCUT2D eigenvalue weighted by Gasteiger charge is -2.03. The highest BCUT2D eigenvalue weighted by molar-refractivity contribution is 5.67. The minimum atomic E-state index is -0.753. The van der Waals surface area contributed by atoms with E-state index in [1.807, 2.05) is 11.7 Å². The Kier molecular flexibility index (Phi) is 3.68. The van der Waals surface area contributed by atoms with E-state index in [1.54, 1.807) is 6.20 Å². The molecule has 1 heterocycles. The van der Waals surface area contributed by atoms with Crippen molar-refractivity contribution in [3.63, 3.8) is 0 Å². The number of carboxylic acid groups (broad SMARTS) is 1. The third kappa shape index (κ3) is 2.58. The SMILES string of the molecule is CCCc1c(CCC(=O)O)cnn1C. The van der Waals surface area contributed by atoms with Gasteiger partial charge in [0.15, 0.2) is 0 Å². The van der Waals surface area contributed by atoms with Crippen LogP contribution in [0.15, 0.2) is 6.20 Å². The number of aliphatic carboxylic acids is 1. The van der Waals surface area contributed by atoms with E-state index in [9.17, 15) is 4.79 Å². The fourth-order valence-corrected chi connectivity index (χ4v) is 1.52. The highest BCUT2D eigenvalue weighted by atomic mass is 16.4. The van der Waals surface area contributed by atoms with Crippen LogP contribution >= 0.6 is 0 Å². The van der Waals surface area contributed by atoms with Crippen LogP contribution in [-0.4, -0.2) is 20.9 Å². The van der Waals surface area contributed by atoms with Crippen molar-refractivity contribution in [1.82, 2.24) is 9.78 Å². The van der Waals surface area contributed by atoms with Gasteiger partial charge in [-0.3, -0.25) is 9.48 Å². The maximum atomic E-state index is 10.4. The molecule has 0 atom stereocenters. The quantitative estimate of drug-likeness (QED) is 0.774. The van der Waals surface area contributed by atoms with Gasteiger partial charge in [-0.15, -0.1) is 0 Å². The summed E-state index contributed by atoms with van der Waals surface area (Å²) in [6.07, 6.45) is 4.56. The fraction of sp³-hybridized carbons (Fsp3) is 0.600. The van der Waals surface area contributed by atoms with Gasteiger partial charge in [-0.2, -0.15) is 5.10 Å². The second-order valence-corrected chi connectivity index (χ2v) is 3.38. The molecule has 0 fully saturated rings. The van der Waals surface area contributed by atoms with E-state index in [-0.39, 0.29) is 6.42 Å². The van der Waals surface area contributed by atoms with Crippen LogP contribution in [0.3, 0.4) is 0 Å². The molecule has 0 aliphatic heterocycles. The molecule has 4 heteroatoms. The van der Waals surface area contributed by atoms with Crippen molar-refractivity contribution in [2.24, 2.45) is 7.05 Å². The van der Waals surface area contributed by atoms with Crippen LogP contribution in [-0.2, 0) is 24.7 Å². The molecule has 0 bridgehead atoms. The number of hydrogen-bond donors (Lipinski definition) is 1. The highest BCUT2D eigenvalue weighted by Crippen LogP contribution is 2.12. The molecule has 1 rings (SSSR count). The summed E-state index contributed by atoms with van der Waals surface area (Å²) >= 11 is 0. The highest BCUT2D eigenvalue weighted by Gasteiger charge is 2.08. The van der Waals surface area contributed by atoms with Crippen LogP contribution in [0.5, 0.6) is 0 Å². The summed E-state index contributed by atoms with van der Waals surface area (Å²) in [4.78, 5) is 10.4. The molecular weight excluding hydrogens is 180 g/mol. The average molecular weight is 196 g/mol. The zero-order chi connectivity index (χ0) is 10.6. The molecule has 0 saturated heterocycles. The Morgan fingerprint density at radius 1 is 1.57 bits per heavy atom. The summed E-state index contributed by atoms with van der Waals surface area (Å²) in [7, 11) is 1.90. The Morgan fingerprint density at radius 3 is 2.86 bits per heavy atom. The molecule has 0 saturated carbocycles. The van der Waals surface area contributed by atoms with E-state index in [2.05, 4.69) is 12.0 Å². The lowest BCUT2D eigenvalue weighted by Crippen LogP contribution is -2.02. The third-order valence-electron chi connectivity index (χ3n) is 2.24. The lowest BCUT2D eigenvalue weighted by atomic mass is 10.1. The van der Waals surface area contributed by atoms with Gasteiger partial charge in [-0.05, 0) is 18.4 Å². The summed E-state index contributed by atoms with van der Waals surface area (Å²) < 4.78 is 1.83. The summed E-state index contributed by atoms with van der Waals surface area (Å²) in [5.74, 6) is -0.753. The number of aromatic nitrogens is 2. The normalized spacial score (nSPS) is 10.4. The van der Waals surface area contributed by atoms with Crippen LogP contribution in [0, 0.1) is 0 Å². The first-order valence-corrected chi connectivity index (χ1v) is 4.86. The van der Waals surface area contributed by atoms with Crippen molar-refractivity contribution in [3.05, 3.63) is 17.5 Å². The molecule has 0 spiro atoms. The molecule has 4 nitrogen and oxygen atoms in total. The number of carbonyl (C=O) groups is 1. The molecule has 0 aliphatic carbocycles. The number of nitrogens with zero attached hydrogens (tertiary/aromatic N) is 2. The predicted molar refractivity (Wildman–Crippen MR) is 53.2 cm³/mol. The van der Waals surface area contributed by atoms with Crippen molar-refractivity contribution >= 4 is 5.97 Å². The van der Waals surface area contributed by atoms with Crippen molar-refractivity contribution in [1.29, 1.82) is 0 Å². The average Bonchev–Trinajstić information content (AvgIpc) is 2.46. The Labute approximate surface area is 83.5 Å². The Bertz CT molecular complexity index is 318. The van der Waals surface area contributed by atoms with Gasteiger partial charge in [0, 0.05) is 19.2 Å². The fourth-order valence-electron chi connectivity index (χ4n) is 1.52. The standard InChI is InChI=1S/C10H16N2O2/c1-3-4-9-8(5-6-10(13)14)7-11-12(9)2/h7H,3-6H2,1-2H3,(H,13,14). The first-order valence-electron chi connectivity index (χ1n) is 4.86. The molecule has 0 aliphatic rings. The first-order chi connectivity index (χ1) is 6.65. The van der Waals surface area contributed by atoms with E-state index in [1.165, 1.54) is 0 Å². The molecule has 0 aromatic carbocycles. The van der Waals surface area contributed by atoms with Crippen molar-refractivity contribution < 1.29 is 9.90 Å². The maximum Gasteiger partial charge on any atom is 0.303 e. The minimum absolute atomic E-state index is 0.183. The molecule has 14 heavy (non-hydrogen) atoms. The van der Waals surface area contributed by atoms with E-state index in [0.717, 1.165) is 24.1 Å². The van der Waals surface area contributed by atoms with Crippen LogP contribution in [0.2, 0.25) is 0 Å². The monoisotopic (exact) mass is 196 g/mol. The second-order valence-electron chi connectivity index (χ2n) is 3.38. The number of carboxylic acids is 1. The topological polar surface area (TPSA) is 55.1 Å². The van der Waals surface area contributed by atoms with Gasteiger partial charge >= 0.3 is 5.97 Å². The molecule has 1 N–H and O–H groups in total. The molecule has 78 valence electrons. The second kappa shape index (κ2) is 4.79. The largest absolute Gasteiger partial charge is 0.481 e. The van der Waals surface area contributed by atoms with Crippen LogP contribution in [0.25, 0.3) is 0 Å². The predicted octanol–water partition coefficient (Wildman–Crippen LogP) is 1.39. The van der Waals surface area contributed by atoms with Gasteiger partial charge in [0.1, 0.15) is 0 Å². The van der Waals surface area contributed by atoms with Crippen molar-refractivity contribution in [3.8, 4) is 0 Å². The summed E-state index contributed by atoms with van der Waals surface area (Å²) in [6.45, 7) is 2.11. The summed E-state index contributed by atoms with van der Waals surface area (Å²) in [6, 6.07) is 0. The zero-order valence-corrected chi connectivity index (χ0v) is 8.66. The van der Waals surface area contributed by atoms with E-state index in [4.69, 9.17) is 5.11 Å². The Morgan fingerprint density at radius 2 is 2.29 bits per heavy atom. The minimum Gasteiger partial charge on any atom is -0.481 e. The molecule has 0 unspecified atom stereocenters. The first kappa shape index (κ1) is 10.8. The number of rotatable bonds is 5. The smallest absolute Gasteiger partial charge is 0.303 e. The molecule has 1 aromatic rings. The summed E-state index contributed by atoms with van der Waals surface area (Å²) in [5, 5.41) is 12.7. The molecule has 1 aromatic heterocycles. The Hall–Kier alpha value is -1.32. The van der Waals surface area contributed by atoms with Crippen LogP contribution in [0.4, 0.5) is 0 Å². The molecule has 0 radical (unpaired) electrons. The third-order valence-corrected chi connectivity index (χ3v) is 2.24. The zero-order valence-electron chi connectivity index (χ0n) is 8.66. The molecule has 0 amide bonds. The van der Waals surface area contributed by atoms with E-state index in [0.29, 0.717) is 6.42 Å². The number of aryl methyl sites for hydroxylation is 2. The van der Waals surface area contributed by atoms with Gasteiger partial charge in [0.25, 0.3) is 0 Å². The van der Waals surface area contributed by atoms with Crippen molar-refractivity contribution in [2.75, 3.05) is 0 Å². The van der Waals surface area contributed by atoms with E-state index < -0.39 is 5.97 Å². The van der Waals surface area contributed by atoms with Crippen molar-refractivity contribution in [2.45, 2.75) is 32.6 Å². The Balaban J connectivity index is 2.70. The number of hydrogen-bond acceptors (Lipinski definition) is 2. The van der Waals surface area contributed by atoms with Crippen LogP contribution in [0.1, 0.15) is 31.0 Å². The van der Waals surface area contributed by atoms with Crippen LogP contribution < -0.4 is 0 Å². The summed E-state index contributed by atoms with van der Waals surface area (Å²) in [5.41, 5.74) is 2.23. The maximum absolute atomic E-state index is 10.4. The molecular formula is C10H16N2O2. The van der Waals surface area contributed by atoms with E-state index >= 15 is 0 Å².